The second kappa shape index (κ2) is 9.64. The molecule has 0 bridgehead atoms. The molecule has 0 amide bonds. The van der Waals surface area contributed by atoms with Gasteiger partial charge in [0.15, 0.2) is 11.5 Å². The van der Waals surface area contributed by atoms with Crippen molar-refractivity contribution in [2.45, 2.75) is 17.1 Å². The summed E-state index contributed by atoms with van der Waals surface area (Å²) in [6.45, 7) is 0. The highest BCUT2D eigenvalue weighted by molar-refractivity contribution is 7.98. The highest BCUT2D eigenvalue weighted by Crippen LogP contribution is 2.40. The molecule has 1 N–H and O–H groups in total. The van der Waals surface area contributed by atoms with Gasteiger partial charge in [0.25, 0.3) is 0 Å². The summed E-state index contributed by atoms with van der Waals surface area (Å²) >= 11 is 7.72. The third-order valence-corrected chi connectivity index (χ3v) is 6.92. The first-order valence-electron chi connectivity index (χ1n) is 11.1. The maximum absolute atomic E-state index is 13.3. The molecule has 1 aliphatic rings. The Morgan fingerprint density at radius 2 is 1.72 bits per heavy atom. The van der Waals surface area contributed by atoms with E-state index in [0.717, 1.165) is 22.4 Å². The maximum Gasteiger partial charge on any atom is 0.247 e. The summed E-state index contributed by atoms with van der Waals surface area (Å²) < 4.78 is 25.7. The van der Waals surface area contributed by atoms with Crippen molar-refractivity contribution in [3.05, 3.63) is 107 Å². The number of furan rings is 1. The van der Waals surface area contributed by atoms with Gasteiger partial charge < -0.3 is 14.5 Å². The zero-order chi connectivity index (χ0) is 24.5. The minimum Gasteiger partial charge on any atom is -0.455 e. The van der Waals surface area contributed by atoms with E-state index in [2.05, 4.69) is 20.5 Å². The third-order valence-electron chi connectivity index (χ3n) is 5.66. The van der Waals surface area contributed by atoms with Crippen molar-refractivity contribution in [3.63, 3.8) is 0 Å². The predicted molar refractivity (Wildman–Crippen MR) is 137 cm³/mol. The standard InChI is InChI=1S/C27H18ClFN4O2S/c28-20-7-3-1-5-17(20)15-36-27-31-26-24(32-33-27)19-6-2-4-8-21(19)30-25(35-26)23-14-13-22(34-23)16-9-11-18(29)12-10-16/h1-14,25,30H,15H2/t25-/m0/s1. The molecule has 5 aromatic rings. The van der Waals surface area contributed by atoms with Crippen molar-refractivity contribution in [2.75, 3.05) is 5.32 Å². The van der Waals surface area contributed by atoms with E-state index in [1.54, 1.807) is 12.1 Å². The van der Waals surface area contributed by atoms with Gasteiger partial charge in [0, 0.05) is 27.6 Å². The average Bonchev–Trinajstić information content (AvgIpc) is 3.33. The number of rotatable bonds is 5. The normalized spacial score (nSPS) is 14.2. The molecule has 0 saturated heterocycles. The topological polar surface area (TPSA) is 73.1 Å². The van der Waals surface area contributed by atoms with Gasteiger partial charge in [-0.15, -0.1) is 10.2 Å². The number of hydrogen-bond acceptors (Lipinski definition) is 7. The van der Waals surface area contributed by atoms with Crippen LogP contribution in [0.1, 0.15) is 17.6 Å². The molecule has 6 nitrogen and oxygen atoms in total. The van der Waals surface area contributed by atoms with Gasteiger partial charge in [0.1, 0.15) is 11.6 Å². The summed E-state index contributed by atoms with van der Waals surface area (Å²) in [5, 5.41) is 13.3. The summed E-state index contributed by atoms with van der Waals surface area (Å²) in [4.78, 5) is 4.67. The Balaban J connectivity index is 1.32. The largest absolute Gasteiger partial charge is 0.455 e. The fraction of sp³-hybridized carbons (Fsp3) is 0.0741. The molecule has 36 heavy (non-hydrogen) atoms. The number of nitrogens with zero attached hydrogens (tertiary/aromatic N) is 3. The highest BCUT2D eigenvalue weighted by atomic mass is 35.5. The lowest BCUT2D eigenvalue weighted by Crippen LogP contribution is -2.16. The molecule has 2 aromatic heterocycles. The Kier molecular flexibility index (Phi) is 6.04. The van der Waals surface area contributed by atoms with Crippen LogP contribution >= 0.6 is 23.4 Å². The van der Waals surface area contributed by atoms with Crippen LogP contribution in [0, 0.1) is 5.82 Å². The van der Waals surface area contributed by atoms with Crippen molar-refractivity contribution in [1.29, 1.82) is 0 Å². The van der Waals surface area contributed by atoms with Gasteiger partial charge in [0.05, 0.1) is 0 Å². The van der Waals surface area contributed by atoms with Crippen LogP contribution in [0.4, 0.5) is 10.1 Å². The van der Waals surface area contributed by atoms with Crippen LogP contribution < -0.4 is 10.1 Å². The summed E-state index contributed by atoms with van der Waals surface area (Å²) in [6.07, 6.45) is -0.667. The summed E-state index contributed by atoms with van der Waals surface area (Å²) in [5.74, 6) is 1.78. The van der Waals surface area contributed by atoms with Gasteiger partial charge in [0.2, 0.25) is 17.3 Å². The Bertz CT molecular complexity index is 1540. The molecule has 0 aliphatic carbocycles. The van der Waals surface area contributed by atoms with Gasteiger partial charge in [-0.05, 0) is 54.1 Å². The number of anilines is 1. The quantitative estimate of drug-likeness (QED) is 0.244. The number of ether oxygens (including phenoxy) is 1. The average molecular weight is 517 g/mol. The van der Waals surface area contributed by atoms with Gasteiger partial charge >= 0.3 is 0 Å². The van der Waals surface area contributed by atoms with E-state index < -0.39 is 6.23 Å². The second-order valence-electron chi connectivity index (χ2n) is 8.02. The Hall–Kier alpha value is -3.88. The molecule has 0 saturated carbocycles. The van der Waals surface area contributed by atoms with E-state index >= 15 is 0 Å². The fourth-order valence-corrected chi connectivity index (χ4v) is 4.92. The molecule has 3 heterocycles. The molecular formula is C27H18ClFN4O2S. The van der Waals surface area contributed by atoms with Gasteiger partial charge in [-0.2, -0.15) is 4.98 Å². The zero-order valence-corrected chi connectivity index (χ0v) is 20.3. The number of para-hydroxylation sites is 1. The number of nitrogens with one attached hydrogen (secondary N) is 1. The molecule has 9 heteroatoms. The van der Waals surface area contributed by atoms with Gasteiger partial charge in [-0.1, -0.05) is 59.8 Å². The molecule has 1 aliphatic heterocycles. The first-order chi connectivity index (χ1) is 17.6. The maximum atomic E-state index is 13.3. The number of hydrogen-bond donors (Lipinski definition) is 1. The fourth-order valence-electron chi connectivity index (χ4n) is 3.86. The van der Waals surface area contributed by atoms with Crippen molar-refractivity contribution in [3.8, 4) is 28.5 Å². The first-order valence-corrected chi connectivity index (χ1v) is 12.5. The summed E-state index contributed by atoms with van der Waals surface area (Å²) in [5.41, 5.74) is 3.92. The van der Waals surface area contributed by atoms with E-state index in [1.807, 2.05) is 60.7 Å². The van der Waals surface area contributed by atoms with E-state index in [0.29, 0.717) is 39.0 Å². The van der Waals surface area contributed by atoms with Crippen LogP contribution in [0.5, 0.6) is 5.88 Å². The van der Waals surface area contributed by atoms with Crippen LogP contribution in [0.2, 0.25) is 5.02 Å². The van der Waals surface area contributed by atoms with Gasteiger partial charge in [-0.25, -0.2) is 4.39 Å². The number of benzene rings is 3. The Morgan fingerprint density at radius 3 is 2.58 bits per heavy atom. The van der Waals surface area contributed by atoms with Crippen molar-refractivity contribution < 1.29 is 13.5 Å². The van der Waals surface area contributed by atoms with Crippen molar-refractivity contribution >= 4 is 29.1 Å². The number of fused-ring (bicyclic) bond motifs is 3. The first kappa shape index (κ1) is 22.6. The lowest BCUT2D eigenvalue weighted by molar-refractivity contribution is 0.196. The Labute approximate surface area is 215 Å². The second-order valence-corrected chi connectivity index (χ2v) is 9.37. The van der Waals surface area contributed by atoms with E-state index in [4.69, 9.17) is 20.8 Å². The van der Waals surface area contributed by atoms with Gasteiger partial charge in [-0.3, -0.25) is 0 Å². The highest BCUT2D eigenvalue weighted by Gasteiger charge is 2.28. The molecule has 0 unspecified atom stereocenters. The zero-order valence-electron chi connectivity index (χ0n) is 18.7. The van der Waals surface area contributed by atoms with E-state index in [9.17, 15) is 4.39 Å². The van der Waals surface area contributed by atoms with Crippen LogP contribution in [0.15, 0.2) is 94.5 Å². The predicted octanol–water partition coefficient (Wildman–Crippen LogP) is 7.39. The third kappa shape index (κ3) is 4.53. The minimum absolute atomic E-state index is 0.303. The molecular weight excluding hydrogens is 499 g/mol. The molecule has 6 rings (SSSR count). The van der Waals surface area contributed by atoms with E-state index in [1.165, 1.54) is 23.9 Å². The molecule has 0 radical (unpaired) electrons. The smallest absolute Gasteiger partial charge is 0.247 e. The Morgan fingerprint density at radius 1 is 0.917 bits per heavy atom. The number of thioether (sulfide) groups is 1. The number of halogens is 2. The summed E-state index contributed by atoms with van der Waals surface area (Å²) in [6, 6.07) is 25.2. The van der Waals surface area contributed by atoms with Crippen molar-refractivity contribution in [1.82, 2.24) is 15.2 Å². The lowest BCUT2D eigenvalue weighted by atomic mass is 10.1. The van der Waals surface area contributed by atoms with Crippen molar-refractivity contribution in [2.24, 2.45) is 0 Å². The molecule has 178 valence electrons. The lowest BCUT2D eigenvalue weighted by Gasteiger charge is -2.16. The molecule has 0 fully saturated rings. The molecule has 1 atom stereocenters. The number of aromatic nitrogens is 3. The van der Waals surface area contributed by atoms with Crippen LogP contribution in [0.25, 0.3) is 22.6 Å². The minimum atomic E-state index is -0.667. The van der Waals surface area contributed by atoms with Crippen LogP contribution in [-0.4, -0.2) is 15.2 Å². The SMILES string of the molecule is Fc1ccc(-c2ccc([C@H]3Nc4ccccc4-c4nnc(SCc5ccccc5Cl)nc4O3)o2)cc1. The molecule has 3 aromatic carbocycles. The van der Waals surface area contributed by atoms with Crippen LogP contribution in [-0.2, 0) is 5.75 Å². The molecule has 0 spiro atoms. The monoisotopic (exact) mass is 516 g/mol. The van der Waals surface area contributed by atoms with E-state index in [-0.39, 0.29) is 5.82 Å². The van der Waals surface area contributed by atoms with Crippen LogP contribution in [0.3, 0.4) is 0 Å². The summed E-state index contributed by atoms with van der Waals surface area (Å²) in [7, 11) is 0.